The Balaban J connectivity index is 1.89. The summed E-state index contributed by atoms with van der Waals surface area (Å²) in [5.41, 5.74) is 2.05. The molecule has 0 aliphatic rings. The van der Waals surface area contributed by atoms with Crippen molar-refractivity contribution in [2.75, 3.05) is 33.9 Å². The Hall–Kier alpha value is -2.30. The number of hydrogen-bond donors (Lipinski definition) is 0. The van der Waals surface area contributed by atoms with Gasteiger partial charge < -0.3 is 14.4 Å². The molecule has 1 amide bonds. The summed E-state index contributed by atoms with van der Waals surface area (Å²) in [6, 6.07) is 11.9. The number of benzene rings is 2. The van der Waals surface area contributed by atoms with Crippen LogP contribution in [0.3, 0.4) is 0 Å². The van der Waals surface area contributed by atoms with Crippen molar-refractivity contribution in [3.8, 4) is 11.5 Å². The van der Waals surface area contributed by atoms with E-state index in [9.17, 15) is 13.2 Å². The Labute approximate surface area is 245 Å². The molecule has 11 heteroatoms. The van der Waals surface area contributed by atoms with Crippen LogP contribution in [0.4, 0.5) is 0 Å². The Morgan fingerprint density at radius 3 is 2.36 bits per heavy atom. The Bertz CT molecular complexity index is 1390. The number of carbonyl (C=O) groups excluding carboxylic acids is 1. The van der Waals surface area contributed by atoms with E-state index >= 15 is 0 Å². The summed E-state index contributed by atoms with van der Waals surface area (Å²) >= 11 is 13.9. The number of halogens is 2. The van der Waals surface area contributed by atoms with Gasteiger partial charge in [0.05, 0.1) is 32.3 Å². The molecule has 0 spiro atoms. The standard InChI is InChI=1S/C28H34Cl2N2O5S2/c1-19(2)16-32(39(34,35)27-15-22(29)7-8-23(27)30)18-28(33)31(17-26-20(3)11-13-38-26)12-10-21-6-9-24(36-4)25(14-21)37-5/h6-9,11,13-15,19H,10,12,16-18H2,1-5H3. The van der Waals surface area contributed by atoms with Crippen molar-refractivity contribution >= 4 is 50.5 Å². The minimum atomic E-state index is -4.09. The highest BCUT2D eigenvalue weighted by Crippen LogP contribution is 2.30. The van der Waals surface area contributed by atoms with Gasteiger partial charge in [-0.1, -0.05) is 43.1 Å². The van der Waals surface area contributed by atoms with E-state index in [2.05, 4.69) is 0 Å². The van der Waals surface area contributed by atoms with Crippen LogP contribution >= 0.6 is 34.5 Å². The molecule has 0 radical (unpaired) electrons. The number of methoxy groups -OCH3 is 2. The van der Waals surface area contributed by atoms with Crippen LogP contribution in [0.15, 0.2) is 52.7 Å². The number of ether oxygens (including phenoxy) is 2. The molecule has 0 saturated heterocycles. The molecule has 0 bridgehead atoms. The fraction of sp³-hybridized carbons (Fsp3) is 0.393. The normalized spacial score (nSPS) is 11.7. The first-order valence-corrected chi connectivity index (χ1v) is 15.5. The topological polar surface area (TPSA) is 76.2 Å². The second-order valence-corrected chi connectivity index (χ2v) is 13.3. The molecule has 0 aliphatic heterocycles. The zero-order valence-electron chi connectivity index (χ0n) is 22.7. The molecule has 1 heterocycles. The summed E-state index contributed by atoms with van der Waals surface area (Å²) in [6.07, 6.45) is 0.549. The number of amides is 1. The molecule has 0 saturated carbocycles. The Morgan fingerprint density at radius 2 is 1.74 bits per heavy atom. The van der Waals surface area contributed by atoms with E-state index in [1.165, 1.54) is 22.5 Å². The van der Waals surface area contributed by atoms with E-state index in [4.69, 9.17) is 32.7 Å². The molecule has 39 heavy (non-hydrogen) atoms. The number of aryl methyl sites for hydroxylation is 1. The maximum atomic E-state index is 13.8. The molecule has 0 aliphatic carbocycles. The van der Waals surface area contributed by atoms with Crippen molar-refractivity contribution in [1.29, 1.82) is 0 Å². The third-order valence-corrected chi connectivity index (χ3v) is 9.70. The SMILES string of the molecule is COc1ccc(CCN(Cc2sccc2C)C(=O)CN(CC(C)C)S(=O)(=O)c2cc(Cl)ccc2Cl)cc1OC. The summed E-state index contributed by atoms with van der Waals surface area (Å²) in [6.45, 7) is 6.40. The smallest absolute Gasteiger partial charge is 0.245 e. The molecule has 7 nitrogen and oxygen atoms in total. The molecule has 3 aromatic rings. The predicted molar refractivity (Wildman–Crippen MR) is 158 cm³/mol. The lowest BCUT2D eigenvalue weighted by molar-refractivity contribution is -0.132. The van der Waals surface area contributed by atoms with Gasteiger partial charge in [0, 0.05) is 23.0 Å². The van der Waals surface area contributed by atoms with E-state index in [0.29, 0.717) is 31.0 Å². The first kappa shape index (κ1) is 31.2. The van der Waals surface area contributed by atoms with Crippen LogP contribution in [0.25, 0.3) is 0 Å². The Morgan fingerprint density at radius 1 is 1.03 bits per heavy atom. The van der Waals surface area contributed by atoms with E-state index in [0.717, 1.165) is 16.0 Å². The van der Waals surface area contributed by atoms with Gasteiger partial charge in [-0.05, 0) is 72.2 Å². The maximum absolute atomic E-state index is 13.8. The number of sulfonamides is 1. The van der Waals surface area contributed by atoms with E-state index < -0.39 is 10.0 Å². The van der Waals surface area contributed by atoms with Crippen molar-refractivity contribution in [3.05, 3.63) is 73.9 Å². The zero-order chi connectivity index (χ0) is 28.7. The summed E-state index contributed by atoms with van der Waals surface area (Å²) in [5.74, 6) is 0.906. The largest absolute Gasteiger partial charge is 0.493 e. The van der Waals surface area contributed by atoms with Crippen LogP contribution in [0.1, 0.15) is 29.9 Å². The van der Waals surface area contributed by atoms with Crippen LogP contribution in [-0.2, 0) is 27.8 Å². The molecule has 0 fully saturated rings. The Kier molecular flexibility index (Phi) is 11.1. The number of thiophene rings is 1. The van der Waals surface area contributed by atoms with Crippen LogP contribution in [0, 0.1) is 12.8 Å². The minimum Gasteiger partial charge on any atom is -0.493 e. The number of carbonyl (C=O) groups is 1. The van der Waals surface area contributed by atoms with E-state index in [1.54, 1.807) is 30.5 Å². The highest BCUT2D eigenvalue weighted by atomic mass is 35.5. The van der Waals surface area contributed by atoms with Crippen molar-refractivity contribution in [2.24, 2.45) is 5.92 Å². The molecule has 1 aromatic heterocycles. The summed E-state index contributed by atoms with van der Waals surface area (Å²) in [7, 11) is -0.936. The fourth-order valence-electron chi connectivity index (χ4n) is 4.05. The van der Waals surface area contributed by atoms with Gasteiger partial charge in [0.1, 0.15) is 4.90 Å². The lowest BCUT2D eigenvalue weighted by atomic mass is 10.1. The first-order chi connectivity index (χ1) is 18.5. The zero-order valence-corrected chi connectivity index (χ0v) is 25.9. The fourth-order valence-corrected chi connectivity index (χ4v) is 7.26. The van der Waals surface area contributed by atoms with Gasteiger partial charge in [0.25, 0.3) is 0 Å². The number of nitrogens with zero attached hydrogens (tertiary/aromatic N) is 2. The minimum absolute atomic E-state index is 0.0229. The van der Waals surface area contributed by atoms with Crippen LogP contribution in [-0.4, -0.2) is 57.4 Å². The molecular formula is C28H34Cl2N2O5S2. The highest BCUT2D eigenvalue weighted by molar-refractivity contribution is 7.89. The predicted octanol–water partition coefficient (Wildman–Crippen LogP) is 6.30. The van der Waals surface area contributed by atoms with Crippen molar-refractivity contribution in [3.63, 3.8) is 0 Å². The summed E-state index contributed by atoms with van der Waals surface area (Å²) in [4.78, 5) is 16.4. The van der Waals surface area contributed by atoms with Crippen molar-refractivity contribution < 1.29 is 22.7 Å². The molecule has 0 atom stereocenters. The monoisotopic (exact) mass is 612 g/mol. The van der Waals surface area contributed by atoms with Gasteiger partial charge in [0.15, 0.2) is 11.5 Å². The van der Waals surface area contributed by atoms with Crippen LogP contribution < -0.4 is 9.47 Å². The third kappa shape index (κ3) is 8.11. The van der Waals surface area contributed by atoms with Gasteiger partial charge in [-0.15, -0.1) is 11.3 Å². The third-order valence-electron chi connectivity index (χ3n) is 6.17. The van der Waals surface area contributed by atoms with E-state index in [-0.39, 0.29) is 39.9 Å². The van der Waals surface area contributed by atoms with Crippen molar-refractivity contribution in [2.45, 2.75) is 38.6 Å². The van der Waals surface area contributed by atoms with Gasteiger partial charge in [-0.2, -0.15) is 4.31 Å². The van der Waals surface area contributed by atoms with Crippen LogP contribution in [0.2, 0.25) is 10.0 Å². The molecular weight excluding hydrogens is 579 g/mol. The van der Waals surface area contributed by atoms with Crippen molar-refractivity contribution in [1.82, 2.24) is 9.21 Å². The molecule has 0 N–H and O–H groups in total. The molecule has 0 unspecified atom stereocenters. The van der Waals surface area contributed by atoms with Gasteiger partial charge in [-0.3, -0.25) is 4.79 Å². The van der Waals surface area contributed by atoms with Gasteiger partial charge >= 0.3 is 0 Å². The van der Waals surface area contributed by atoms with Gasteiger partial charge in [-0.25, -0.2) is 8.42 Å². The average Bonchev–Trinajstić information content (AvgIpc) is 3.30. The first-order valence-electron chi connectivity index (χ1n) is 12.4. The number of rotatable bonds is 13. The molecule has 212 valence electrons. The maximum Gasteiger partial charge on any atom is 0.245 e. The van der Waals surface area contributed by atoms with E-state index in [1.807, 2.05) is 50.4 Å². The summed E-state index contributed by atoms with van der Waals surface area (Å²) in [5, 5.41) is 2.29. The average molecular weight is 614 g/mol. The second-order valence-electron chi connectivity index (χ2n) is 9.55. The van der Waals surface area contributed by atoms with Crippen LogP contribution in [0.5, 0.6) is 11.5 Å². The highest BCUT2D eigenvalue weighted by Gasteiger charge is 2.31. The second kappa shape index (κ2) is 13.9. The molecule has 3 rings (SSSR count). The van der Waals surface area contributed by atoms with Gasteiger partial charge in [0.2, 0.25) is 15.9 Å². The lowest BCUT2D eigenvalue weighted by Gasteiger charge is -2.28. The quantitative estimate of drug-likeness (QED) is 0.226. The lowest BCUT2D eigenvalue weighted by Crippen LogP contribution is -2.44. The summed E-state index contributed by atoms with van der Waals surface area (Å²) < 4.78 is 39.3. The molecule has 2 aromatic carbocycles. The number of hydrogen-bond acceptors (Lipinski definition) is 6.